The Kier molecular flexibility index (Phi) is 5.71. The molecular weight excluding hydrogens is 350 g/mol. The minimum atomic E-state index is -0.935. The van der Waals surface area contributed by atoms with E-state index in [0.29, 0.717) is 23.6 Å². The van der Waals surface area contributed by atoms with Crippen LogP contribution in [0.2, 0.25) is 0 Å². The molecule has 0 atom stereocenters. The predicted molar refractivity (Wildman–Crippen MR) is 98.8 cm³/mol. The number of pyridine rings is 2. The van der Waals surface area contributed by atoms with Crippen LogP contribution in [-0.2, 0) is 6.42 Å². The van der Waals surface area contributed by atoms with Crippen LogP contribution in [0.3, 0.4) is 0 Å². The molecule has 0 aliphatic carbocycles. The van der Waals surface area contributed by atoms with Gasteiger partial charge in [0.05, 0.1) is 11.9 Å². The molecule has 0 saturated carbocycles. The Bertz CT molecular complexity index is 917. The number of carbonyl (C=O) groups is 1. The molecule has 0 aliphatic heterocycles. The van der Waals surface area contributed by atoms with Crippen LogP contribution >= 0.6 is 0 Å². The van der Waals surface area contributed by atoms with Crippen LogP contribution in [0.4, 0.5) is 20.2 Å². The topological polar surface area (TPSA) is 58.1 Å². The minimum Gasteiger partial charge on any atom is -0.354 e. The van der Waals surface area contributed by atoms with Crippen LogP contribution in [-0.4, -0.2) is 34.4 Å². The molecule has 0 aliphatic rings. The maximum absolute atomic E-state index is 13.3. The van der Waals surface area contributed by atoms with E-state index in [4.69, 9.17) is 0 Å². The van der Waals surface area contributed by atoms with Crippen LogP contribution in [0, 0.1) is 11.6 Å². The van der Waals surface area contributed by atoms with Crippen molar-refractivity contribution in [1.82, 2.24) is 14.9 Å². The Morgan fingerprint density at radius 1 is 1.04 bits per heavy atom. The number of likely N-dealkylation sites (N-methyl/N-ethyl adjacent to an activating group) is 1. The molecule has 5 nitrogen and oxygen atoms in total. The second-order valence-corrected chi connectivity index (χ2v) is 6.02. The fourth-order valence-electron chi connectivity index (χ4n) is 2.48. The van der Waals surface area contributed by atoms with Gasteiger partial charge in [-0.15, -0.1) is 0 Å². The van der Waals surface area contributed by atoms with Crippen molar-refractivity contribution in [2.75, 3.05) is 18.9 Å². The second-order valence-electron chi connectivity index (χ2n) is 6.02. The first-order valence-electron chi connectivity index (χ1n) is 8.35. The highest BCUT2D eigenvalue weighted by molar-refractivity contribution is 5.92. The van der Waals surface area contributed by atoms with Gasteiger partial charge < -0.3 is 10.2 Å². The van der Waals surface area contributed by atoms with Gasteiger partial charge in [0.15, 0.2) is 11.6 Å². The first-order valence-corrected chi connectivity index (χ1v) is 8.35. The van der Waals surface area contributed by atoms with Crippen LogP contribution in [0.25, 0.3) is 0 Å². The lowest BCUT2D eigenvalue weighted by Gasteiger charge is -2.17. The van der Waals surface area contributed by atoms with Crippen molar-refractivity contribution >= 4 is 17.3 Å². The largest absolute Gasteiger partial charge is 0.354 e. The Morgan fingerprint density at radius 3 is 2.44 bits per heavy atom. The van der Waals surface area contributed by atoms with Gasteiger partial charge >= 0.3 is 0 Å². The van der Waals surface area contributed by atoms with Crippen molar-refractivity contribution in [3.05, 3.63) is 83.9 Å². The summed E-state index contributed by atoms with van der Waals surface area (Å²) in [5.74, 6) is -2.03. The number of aromatic nitrogens is 2. The first-order chi connectivity index (χ1) is 13.0. The van der Waals surface area contributed by atoms with Gasteiger partial charge in [0, 0.05) is 37.7 Å². The maximum Gasteiger partial charge on any atom is 0.272 e. The number of nitrogens with zero attached hydrogens (tertiary/aromatic N) is 3. The molecule has 0 radical (unpaired) electrons. The van der Waals surface area contributed by atoms with Crippen molar-refractivity contribution in [1.29, 1.82) is 0 Å². The summed E-state index contributed by atoms with van der Waals surface area (Å²) in [7, 11) is 1.72. The van der Waals surface area contributed by atoms with Crippen LogP contribution in [0.15, 0.2) is 61.1 Å². The lowest BCUT2D eigenvalue weighted by atomic mass is 10.2. The molecular formula is C20H18F2N4O. The molecule has 2 heterocycles. The SMILES string of the molecule is CN(CCc1ccncc1)C(=O)c1ccc(Nc2ccc(F)c(F)c2)cn1. The van der Waals surface area contributed by atoms with Gasteiger partial charge in [-0.2, -0.15) is 0 Å². The van der Waals surface area contributed by atoms with E-state index in [1.807, 2.05) is 12.1 Å². The van der Waals surface area contributed by atoms with Crippen molar-refractivity contribution < 1.29 is 13.6 Å². The number of nitrogens with one attached hydrogen (secondary N) is 1. The third kappa shape index (κ3) is 4.84. The maximum atomic E-state index is 13.3. The number of anilines is 2. The summed E-state index contributed by atoms with van der Waals surface area (Å²) in [6, 6.07) is 10.6. The van der Waals surface area contributed by atoms with E-state index in [0.717, 1.165) is 24.1 Å². The summed E-state index contributed by atoms with van der Waals surface area (Å²) in [5.41, 5.74) is 2.37. The highest BCUT2D eigenvalue weighted by atomic mass is 19.2. The van der Waals surface area contributed by atoms with Crippen LogP contribution < -0.4 is 5.32 Å². The number of benzene rings is 1. The van der Waals surface area contributed by atoms with Crippen LogP contribution in [0.5, 0.6) is 0 Å². The average Bonchev–Trinajstić information content (AvgIpc) is 2.70. The fourth-order valence-corrected chi connectivity index (χ4v) is 2.48. The highest BCUT2D eigenvalue weighted by Gasteiger charge is 2.13. The lowest BCUT2D eigenvalue weighted by molar-refractivity contribution is 0.0791. The predicted octanol–water partition coefficient (Wildman–Crippen LogP) is 3.81. The quantitative estimate of drug-likeness (QED) is 0.719. The number of carbonyl (C=O) groups excluding carboxylic acids is 1. The van der Waals surface area contributed by atoms with E-state index in [9.17, 15) is 13.6 Å². The normalized spacial score (nSPS) is 10.5. The molecule has 3 rings (SSSR count). The van der Waals surface area contributed by atoms with Gasteiger partial charge in [0.25, 0.3) is 5.91 Å². The Morgan fingerprint density at radius 2 is 1.78 bits per heavy atom. The lowest BCUT2D eigenvalue weighted by Crippen LogP contribution is -2.29. The van der Waals surface area contributed by atoms with Gasteiger partial charge in [-0.05, 0) is 48.4 Å². The molecule has 7 heteroatoms. The van der Waals surface area contributed by atoms with Gasteiger partial charge in [0.1, 0.15) is 5.69 Å². The molecule has 1 aromatic carbocycles. The zero-order chi connectivity index (χ0) is 19.2. The zero-order valence-corrected chi connectivity index (χ0v) is 14.7. The van der Waals surface area contributed by atoms with Gasteiger partial charge in [0.2, 0.25) is 0 Å². The van der Waals surface area contributed by atoms with E-state index < -0.39 is 11.6 Å². The van der Waals surface area contributed by atoms with E-state index >= 15 is 0 Å². The number of hydrogen-bond donors (Lipinski definition) is 1. The molecule has 0 spiro atoms. The third-order valence-electron chi connectivity index (χ3n) is 4.02. The summed E-state index contributed by atoms with van der Waals surface area (Å²) in [6.07, 6.45) is 5.64. The molecule has 138 valence electrons. The van der Waals surface area contributed by atoms with E-state index in [-0.39, 0.29) is 5.91 Å². The van der Waals surface area contributed by atoms with E-state index in [2.05, 4.69) is 15.3 Å². The van der Waals surface area contributed by atoms with Crippen molar-refractivity contribution in [2.45, 2.75) is 6.42 Å². The van der Waals surface area contributed by atoms with E-state index in [1.165, 1.54) is 12.3 Å². The smallest absolute Gasteiger partial charge is 0.272 e. The second kappa shape index (κ2) is 8.35. The molecule has 27 heavy (non-hydrogen) atoms. The third-order valence-corrected chi connectivity index (χ3v) is 4.02. The minimum absolute atomic E-state index is 0.191. The number of amides is 1. The molecule has 0 saturated heterocycles. The summed E-state index contributed by atoms with van der Waals surface area (Å²) >= 11 is 0. The molecule has 0 fully saturated rings. The monoisotopic (exact) mass is 368 g/mol. The summed E-state index contributed by atoms with van der Waals surface area (Å²) < 4.78 is 26.2. The van der Waals surface area contributed by atoms with Crippen molar-refractivity contribution in [2.24, 2.45) is 0 Å². The Hall–Kier alpha value is -3.35. The van der Waals surface area contributed by atoms with Crippen molar-refractivity contribution in [3.8, 4) is 0 Å². The molecule has 1 amide bonds. The van der Waals surface area contributed by atoms with Crippen LogP contribution in [0.1, 0.15) is 16.1 Å². The highest BCUT2D eigenvalue weighted by Crippen LogP contribution is 2.18. The molecule has 3 aromatic rings. The number of halogens is 2. The van der Waals surface area contributed by atoms with E-state index in [1.54, 1.807) is 36.5 Å². The van der Waals surface area contributed by atoms with Gasteiger partial charge in [-0.3, -0.25) is 9.78 Å². The Balaban J connectivity index is 1.60. The summed E-state index contributed by atoms with van der Waals surface area (Å²) in [6.45, 7) is 0.555. The molecule has 0 bridgehead atoms. The Labute approximate surface area is 155 Å². The molecule has 2 aromatic heterocycles. The zero-order valence-electron chi connectivity index (χ0n) is 14.7. The van der Waals surface area contributed by atoms with Crippen molar-refractivity contribution in [3.63, 3.8) is 0 Å². The standard InChI is InChI=1S/C20H18F2N4O/c1-26(11-8-14-6-9-23-10-7-14)20(27)19-5-3-16(13-24-19)25-15-2-4-17(21)18(22)12-15/h2-7,9-10,12-13,25H,8,11H2,1H3. The summed E-state index contributed by atoms with van der Waals surface area (Å²) in [4.78, 5) is 22.2. The first kappa shape index (κ1) is 18.4. The van der Waals surface area contributed by atoms with Gasteiger partial charge in [-0.25, -0.2) is 13.8 Å². The molecule has 0 unspecified atom stereocenters. The van der Waals surface area contributed by atoms with Gasteiger partial charge in [-0.1, -0.05) is 0 Å². The number of rotatable bonds is 6. The number of hydrogen-bond acceptors (Lipinski definition) is 4. The summed E-state index contributed by atoms with van der Waals surface area (Å²) in [5, 5.41) is 2.91. The average molecular weight is 368 g/mol. The molecule has 1 N–H and O–H groups in total. The fraction of sp³-hybridized carbons (Fsp3) is 0.150.